The van der Waals surface area contributed by atoms with Crippen molar-refractivity contribution in [2.75, 3.05) is 13.1 Å². The number of nitrogens with zero attached hydrogens (tertiary/aromatic N) is 1. The van der Waals surface area contributed by atoms with Crippen LogP contribution >= 0.6 is 0 Å². The number of hydrogen-bond acceptors (Lipinski definition) is 2. The minimum atomic E-state index is -0.410. The summed E-state index contributed by atoms with van der Waals surface area (Å²) in [4.78, 5) is 13.9. The van der Waals surface area contributed by atoms with Crippen LogP contribution in [0.5, 0.6) is 0 Å². The number of carbonyl (C=O) groups is 1. The van der Waals surface area contributed by atoms with Gasteiger partial charge in [-0.1, -0.05) is 0 Å². The molecule has 1 aliphatic heterocycles. The maximum Gasteiger partial charge on any atom is -1.00 e. The van der Waals surface area contributed by atoms with Gasteiger partial charge in [0, 0.05) is 0 Å². The summed E-state index contributed by atoms with van der Waals surface area (Å²) < 4.78 is 5.45. The van der Waals surface area contributed by atoms with Crippen LogP contribution in [0.15, 0.2) is 24.3 Å². The molecule has 0 aliphatic carbocycles. The molecule has 0 atom stereocenters. The molecule has 0 unspecified atom stereocenters. The molecule has 3 nitrogen and oxygen atoms in total. The van der Waals surface area contributed by atoms with E-state index in [9.17, 15) is 4.79 Å². The number of likely N-dealkylation sites (tertiary alicyclic amines) is 1. The summed E-state index contributed by atoms with van der Waals surface area (Å²) >= 11 is 1.31. The molecule has 1 heterocycles. The van der Waals surface area contributed by atoms with Gasteiger partial charge in [0.1, 0.15) is 0 Å². The number of halogens is 1. The number of hydrogen-bond donors (Lipinski definition) is 0. The quantitative estimate of drug-likeness (QED) is 0.666. The minimum Gasteiger partial charge on any atom is -1.00 e. The van der Waals surface area contributed by atoms with Crippen LogP contribution in [0.2, 0.25) is 0 Å². The third-order valence-electron chi connectivity index (χ3n) is 3.86. The Balaban J connectivity index is 0.00000242. The monoisotopic (exact) mass is 417 g/mol. The molecule has 0 saturated carbocycles. The maximum absolute atomic E-state index is 12.1. The molecule has 1 fully saturated rings. The van der Waals surface area contributed by atoms with Gasteiger partial charge in [-0.15, -0.1) is 0 Å². The summed E-state index contributed by atoms with van der Waals surface area (Å²) in [5.41, 5.74) is 2.47. The van der Waals surface area contributed by atoms with Gasteiger partial charge in [0.15, 0.2) is 0 Å². The summed E-state index contributed by atoms with van der Waals surface area (Å²) in [7, 11) is 0. The van der Waals surface area contributed by atoms with E-state index in [-0.39, 0.29) is 23.1 Å². The fraction of sp³-hybridized carbons (Fsp3) is 0.588. The molecule has 0 radical (unpaired) electrons. The Morgan fingerprint density at radius 2 is 1.95 bits per heavy atom. The van der Waals surface area contributed by atoms with Crippen LogP contribution in [-0.4, -0.2) is 29.7 Å². The van der Waals surface area contributed by atoms with Crippen molar-refractivity contribution in [1.82, 2.24) is 4.90 Å². The van der Waals surface area contributed by atoms with Gasteiger partial charge in [-0.05, 0) is 0 Å². The van der Waals surface area contributed by atoms with Gasteiger partial charge < -0.3 is 17.0 Å². The Bertz CT molecular complexity index is 494. The van der Waals surface area contributed by atoms with E-state index in [0.29, 0.717) is 5.92 Å². The van der Waals surface area contributed by atoms with E-state index in [1.54, 1.807) is 0 Å². The first-order valence-electron chi connectivity index (χ1n) is 7.75. The van der Waals surface area contributed by atoms with E-state index in [1.807, 2.05) is 25.7 Å². The van der Waals surface area contributed by atoms with Gasteiger partial charge in [0.2, 0.25) is 0 Å². The van der Waals surface area contributed by atoms with Crippen LogP contribution in [0.25, 0.3) is 0 Å². The molecule has 22 heavy (non-hydrogen) atoms. The van der Waals surface area contributed by atoms with Crippen molar-refractivity contribution < 1.29 is 44.8 Å². The van der Waals surface area contributed by atoms with Crippen LogP contribution < -0.4 is 17.0 Å². The molecular formula is C17H24BrNO2Zn. The first-order chi connectivity index (χ1) is 9.89. The second kappa shape index (κ2) is 8.45. The van der Waals surface area contributed by atoms with Crippen molar-refractivity contribution >= 4 is 6.09 Å². The van der Waals surface area contributed by atoms with E-state index in [1.165, 1.54) is 34.4 Å². The number of carbonyl (C=O) groups excluding carboxylic acids is 1. The molecule has 1 amide bonds. The van der Waals surface area contributed by atoms with Crippen molar-refractivity contribution in [1.29, 1.82) is 0 Å². The molecule has 2 rings (SSSR count). The van der Waals surface area contributed by atoms with Crippen molar-refractivity contribution in [3.8, 4) is 0 Å². The van der Waals surface area contributed by atoms with E-state index < -0.39 is 5.60 Å². The Morgan fingerprint density at radius 3 is 2.50 bits per heavy atom. The average Bonchev–Trinajstić information content (AvgIpc) is 2.46. The van der Waals surface area contributed by atoms with Crippen molar-refractivity contribution in [2.24, 2.45) is 0 Å². The zero-order valence-electron chi connectivity index (χ0n) is 13.8. The van der Waals surface area contributed by atoms with Gasteiger partial charge in [-0.25, -0.2) is 0 Å². The summed E-state index contributed by atoms with van der Waals surface area (Å²) in [6.07, 6.45) is 1.89. The minimum absolute atomic E-state index is 0. The van der Waals surface area contributed by atoms with Crippen LogP contribution in [0.4, 0.5) is 4.79 Å². The molecule has 1 aliphatic rings. The molecule has 1 aromatic carbocycles. The van der Waals surface area contributed by atoms with Gasteiger partial charge in [0.25, 0.3) is 0 Å². The molecule has 0 N–H and O–H groups in total. The van der Waals surface area contributed by atoms with Gasteiger partial charge in [-0.3, -0.25) is 0 Å². The number of ether oxygens (including phenoxy) is 1. The number of piperidine rings is 1. The normalized spacial score (nSPS) is 16.1. The standard InChI is InChI=1S/C17H24NO2.BrH.Zn/c1-13-6-5-7-15(12-13)14-8-10-18(11-9-14)16(19)20-17(2,3)4;;/h5-7,12,14H,1,8-11H2,2-4H3;1H;/q;;+1/p-1. The largest absolute Gasteiger partial charge is 1.00 e. The van der Waals surface area contributed by atoms with Gasteiger partial charge in [0.05, 0.1) is 0 Å². The summed E-state index contributed by atoms with van der Waals surface area (Å²) in [6, 6.07) is 8.95. The van der Waals surface area contributed by atoms with E-state index in [4.69, 9.17) is 4.74 Å². The van der Waals surface area contributed by atoms with E-state index in [2.05, 4.69) is 24.3 Å². The molecule has 0 spiro atoms. The molecule has 1 aromatic rings. The third kappa shape index (κ3) is 5.66. The van der Waals surface area contributed by atoms with Crippen molar-refractivity contribution in [2.45, 2.75) is 50.1 Å². The average molecular weight is 420 g/mol. The van der Waals surface area contributed by atoms with Crippen LogP contribution in [0.1, 0.15) is 50.7 Å². The first kappa shape index (κ1) is 19.6. The fourth-order valence-corrected chi connectivity index (χ4v) is 3.38. The Morgan fingerprint density at radius 1 is 1.32 bits per heavy atom. The number of amides is 1. The smallest absolute Gasteiger partial charge is 1.00 e. The third-order valence-corrected chi connectivity index (χ3v) is 5.07. The van der Waals surface area contributed by atoms with Crippen LogP contribution in [0, 0.1) is 0 Å². The van der Waals surface area contributed by atoms with Crippen LogP contribution in [0.3, 0.4) is 0 Å². The summed E-state index contributed by atoms with van der Waals surface area (Å²) in [5, 5.41) is 1.20. The summed E-state index contributed by atoms with van der Waals surface area (Å²) in [6.45, 7) is 7.33. The topological polar surface area (TPSA) is 29.5 Å². The zero-order chi connectivity index (χ0) is 15.5. The van der Waals surface area contributed by atoms with Crippen molar-refractivity contribution in [3.05, 3.63) is 35.4 Å². The molecular weight excluding hydrogens is 395 g/mol. The summed E-state index contributed by atoms with van der Waals surface area (Å²) in [5.74, 6) is 0.579. The second-order valence-electron chi connectivity index (χ2n) is 6.74. The predicted molar refractivity (Wildman–Crippen MR) is 79.9 cm³/mol. The zero-order valence-corrected chi connectivity index (χ0v) is 18.3. The van der Waals surface area contributed by atoms with Gasteiger partial charge in [-0.2, -0.15) is 0 Å². The molecule has 1 saturated heterocycles. The molecule has 0 bridgehead atoms. The maximum atomic E-state index is 12.1. The number of rotatable bonds is 2. The van der Waals surface area contributed by atoms with Crippen LogP contribution in [-0.2, 0) is 28.1 Å². The Kier molecular flexibility index (Phi) is 7.54. The Labute approximate surface area is 154 Å². The van der Waals surface area contributed by atoms with E-state index >= 15 is 0 Å². The predicted octanol–water partition coefficient (Wildman–Crippen LogP) is 0.852. The first-order valence-corrected chi connectivity index (χ1v) is 9.85. The molecule has 0 aromatic heterocycles. The fourth-order valence-electron chi connectivity index (χ4n) is 2.72. The van der Waals surface area contributed by atoms with Crippen molar-refractivity contribution in [3.63, 3.8) is 0 Å². The number of benzene rings is 1. The molecule has 5 heteroatoms. The molecule has 118 valence electrons. The van der Waals surface area contributed by atoms with Gasteiger partial charge >= 0.3 is 137 Å². The Hall–Kier alpha value is -0.407. The second-order valence-corrected chi connectivity index (χ2v) is 7.79. The van der Waals surface area contributed by atoms with E-state index in [0.717, 1.165) is 25.9 Å². The SMILES string of the molecule is CC(C)(C)OC(=O)N1CCC(c2cccc([CH2][Zn+])c2)CC1.[Br-].